The number of nitrogens with one attached hydrogen (secondary N) is 2. The lowest BCUT2D eigenvalue weighted by molar-refractivity contribution is -0.144. The fourth-order valence-electron chi connectivity index (χ4n) is 2.99. The molecule has 0 atom stereocenters. The van der Waals surface area contributed by atoms with Crippen LogP contribution in [-0.4, -0.2) is 47.5 Å². The number of carbonyl (C=O) groups is 3. The molecule has 1 fully saturated rings. The summed E-state index contributed by atoms with van der Waals surface area (Å²) in [6.45, 7) is 3.56. The highest BCUT2D eigenvalue weighted by molar-refractivity contribution is 7.80. The molecule has 8 heteroatoms. The summed E-state index contributed by atoms with van der Waals surface area (Å²) >= 11 is 5.14. The molecule has 28 heavy (non-hydrogen) atoms. The predicted molar refractivity (Wildman–Crippen MR) is 111 cm³/mol. The summed E-state index contributed by atoms with van der Waals surface area (Å²) in [5.74, 6) is -0.784. The van der Waals surface area contributed by atoms with Gasteiger partial charge in [0, 0.05) is 30.8 Å². The molecule has 1 aromatic carbocycles. The highest BCUT2D eigenvalue weighted by atomic mass is 32.1. The zero-order valence-electron chi connectivity index (χ0n) is 16.2. The van der Waals surface area contributed by atoms with Gasteiger partial charge in [-0.25, -0.2) is 0 Å². The number of hydrogen-bond donors (Lipinski definition) is 2. The number of thiocarbonyl (C=S) groups is 1. The van der Waals surface area contributed by atoms with Crippen LogP contribution in [0.2, 0.25) is 0 Å². The number of likely N-dealkylation sites (tertiary alicyclic amines) is 1. The fraction of sp³-hybridized carbons (Fsp3) is 0.500. The Morgan fingerprint density at radius 3 is 2.50 bits per heavy atom. The summed E-state index contributed by atoms with van der Waals surface area (Å²) in [7, 11) is 0. The molecule has 0 radical (unpaired) electrons. The van der Waals surface area contributed by atoms with Gasteiger partial charge in [0.25, 0.3) is 5.91 Å². The van der Waals surface area contributed by atoms with Gasteiger partial charge in [-0.05, 0) is 50.2 Å². The molecule has 0 aliphatic carbocycles. The average Bonchev–Trinajstić information content (AvgIpc) is 2.95. The van der Waals surface area contributed by atoms with Gasteiger partial charge in [0.15, 0.2) is 5.11 Å². The maximum atomic E-state index is 12.7. The smallest absolute Gasteiger partial charge is 0.306 e. The SMILES string of the molecule is CCOC(=O)CCC(=O)NC(=S)Nc1cccc(C(=O)N2CCCCCC2)c1. The van der Waals surface area contributed by atoms with Crippen molar-refractivity contribution in [3.8, 4) is 0 Å². The van der Waals surface area contributed by atoms with E-state index in [1.54, 1.807) is 31.2 Å². The third-order valence-corrected chi connectivity index (χ3v) is 4.58. The first-order valence-corrected chi connectivity index (χ1v) is 10.1. The van der Waals surface area contributed by atoms with Gasteiger partial charge in [-0.3, -0.25) is 14.4 Å². The minimum atomic E-state index is -0.420. The Bertz CT molecular complexity index is 715. The standard InChI is InChI=1S/C20H27N3O4S/c1-2-27-18(25)11-10-17(24)22-20(28)21-16-9-7-8-15(14-16)19(26)23-12-5-3-4-6-13-23/h7-9,14H,2-6,10-13H2,1H3,(H2,21,22,24,28). The van der Waals surface area contributed by atoms with Crippen LogP contribution < -0.4 is 10.6 Å². The molecule has 7 nitrogen and oxygen atoms in total. The Morgan fingerprint density at radius 2 is 1.82 bits per heavy atom. The number of ether oxygens (including phenoxy) is 1. The molecule has 1 aliphatic rings. The Hall–Kier alpha value is -2.48. The van der Waals surface area contributed by atoms with E-state index in [4.69, 9.17) is 17.0 Å². The monoisotopic (exact) mass is 405 g/mol. The summed E-state index contributed by atoms with van der Waals surface area (Å²) < 4.78 is 4.78. The Kier molecular flexibility index (Phi) is 8.87. The van der Waals surface area contributed by atoms with Crippen molar-refractivity contribution in [1.82, 2.24) is 10.2 Å². The van der Waals surface area contributed by atoms with Crippen LogP contribution in [0.1, 0.15) is 55.8 Å². The Balaban J connectivity index is 1.87. The van der Waals surface area contributed by atoms with Crippen molar-refractivity contribution < 1.29 is 19.1 Å². The van der Waals surface area contributed by atoms with Crippen LogP contribution >= 0.6 is 12.2 Å². The second-order valence-electron chi connectivity index (χ2n) is 6.59. The number of carbonyl (C=O) groups excluding carboxylic acids is 3. The zero-order chi connectivity index (χ0) is 20.4. The maximum absolute atomic E-state index is 12.7. The Morgan fingerprint density at radius 1 is 1.11 bits per heavy atom. The molecule has 1 aromatic rings. The summed E-state index contributed by atoms with van der Waals surface area (Å²) in [5.41, 5.74) is 1.21. The van der Waals surface area contributed by atoms with E-state index in [1.807, 2.05) is 4.90 Å². The third-order valence-electron chi connectivity index (χ3n) is 4.38. The molecule has 1 saturated heterocycles. The lowest BCUT2D eigenvalue weighted by Crippen LogP contribution is -2.34. The quantitative estimate of drug-likeness (QED) is 0.559. The molecule has 0 saturated carbocycles. The second-order valence-corrected chi connectivity index (χ2v) is 7.00. The normalized spacial score (nSPS) is 14.0. The van der Waals surface area contributed by atoms with E-state index in [-0.39, 0.29) is 36.4 Å². The van der Waals surface area contributed by atoms with Gasteiger partial charge in [0.2, 0.25) is 5.91 Å². The Labute approximate surface area is 170 Å². The van der Waals surface area contributed by atoms with Gasteiger partial charge >= 0.3 is 5.97 Å². The molecule has 0 aromatic heterocycles. The van der Waals surface area contributed by atoms with E-state index in [2.05, 4.69) is 10.6 Å². The minimum absolute atomic E-state index is 0.00209. The number of nitrogens with zero attached hydrogens (tertiary/aromatic N) is 1. The van der Waals surface area contributed by atoms with Crippen molar-refractivity contribution in [2.75, 3.05) is 25.0 Å². The lowest BCUT2D eigenvalue weighted by atomic mass is 10.1. The van der Waals surface area contributed by atoms with Crippen LogP contribution in [0.3, 0.4) is 0 Å². The molecule has 2 rings (SSSR count). The third kappa shape index (κ3) is 7.26. The molecule has 152 valence electrons. The van der Waals surface area contributed by atoms with Crippen molar-refractivity contribution >= 4 is 40.8 Å². The molecule has 2 amide bonds. The van der Waals surface area contributed by atoms with Gasteiger partial charge in [-0.1, -0.05) is 18.9 Å². The number of rotatable bonds is 6. The van der Waals surface area contributed by atoms with Crippen molar-refractivity contribution in [1.29, 1.82) is 0 Å². The van der Waals surface area contributed by atoms with Crippen molar-refractivity contribution in [3.05, 3.63) is 29.8 Å². The van der Waals surface area contributed by atoms with E-state index in [0.29, 0.717) is 11.3 Å². The van der Waals surface area contributed by atoms with Gasteiger partial charge < -0.3 is 20.3 Å². The highest BCUT2D eigenvalue weighted by Crippen LogP contribution is 2.16. The summed E-state index contributed by atoms with van der Waals surface area (Å²) in [6, 6.07) is 7.05. The minimum Gasteiger partial charge on any atom is -0.466 e. The first-order valence-electron chi connectivity index (χ1n) is 9.65. The van der Waals surface area contributed by atoms with Gasteiger partial charge in [0.05, 0.1) is 13.0 Å². The van der Waals surface area contributed by atoms with Gasteiger partial charge in [-0.15, -0.1) is 0 Å². The molecule has 0 bridgehead atoms. The number of hydrogen-bond acceptors (Lipinski definition) is 5. The molecule has 2 N–H and O–H groups in total. The van der Waals surface area contributed by atoms with E-state index < -0.39 is 5.97 Å². The summed E-state index contributed by atoms with van der Waals surface area (Å²) in [5, 5.41) is 5.55. The highest BCUT2D eigenvalue weighted by Gasteiger charge is 2.17. The summed E-state index contributed by atoms with van der Waals surface area (Å²) in [6.07, 6.45) is 4.39. The van der Waals surface area contributed by atoms with Crippen LogP contribution in [0.5, 0.6) is 0 Å². The maximum Gasteiger partial charge on any atom is 0.306 e. The zero-order valence-corrected chi connectivity index (χ0v) is 17.0. The predicted octanol–water partition coefficient (Wildman–Crippen LogP) is 2.86. The first-order chi connectivity index (χ1) is 13.5. The van der Waals surface area contributed by atoms with Crippen LogP contribution in [0.4, 0.5) is 5.69 Å². The molecular weight excluding hydrogens is 378 g/mol. The van der Waals surface area contributed by atoms with Crippen LogP contribution in [0, 0.1) is 0 Å². The van der Waals surface area contributed by atoms with Crippen molar-refractivity contribution in [2.45, 2.75) is 45.4 Å². The number of amides is 2. The summed E-state index contributed by atoms with van der Waals surface area (Å²) in [4.78, 5) is 37.8. The second kappa shape index (κ2) is 11.4. The molecule has 1 aliphatic heterocycles. The average molecular weight is 406 g/mol. The van der Waals surface area contributed by atoms with E-state index >= 15 is 0 Å². The van der Waals surface area contributed by atoms with E-state index in [1.165, 1.54) is 0 Å². The number of anilines is 1. The van der Waals surface area contributed by atoms with Gasteiger partial charge in [-0.2, -0.15) is 0 Å². The van der Waals surface area contributed by atoms with Crippen molar-refractivity contribution in [3.63, 3.8) is 0 Å². The molecular formula is C20H27N3O4S. The first kappa shape index (κ1) is 21.8. The largest absolute Gasteiger partial charge is 0.466 e. The van der Waals surface area contributed by atoms with Crippen LogP contribution in [-0.2, 0) is 14.3 Å². The fourth-order valence-corrected chi connectivity index (χ4v) is 3.22. The molecule has 0 spiro atoms. The van der Waals surface area contributed by atoms with E-state index in [9.17, 15) is 14.4 Å². The lowest BCUT2D eigenvalue weighted by Gasteiger charge is -2.20. The van der Waals surface area contributed by atoms with Crippen LogP contribution in [0.15, 0.2) is 24.3 Å². The number of benzene rings is 1. The number of esters is 1. The van der Waals surface area contributed by atoms with Crippen LogP contribution in [0.25, 0.3) is 0 Å². The van der Waals surface area contributed by atoms with Crippen molar-refractivity contribution in [2.24, 2.45) is 0 Å². The molecule has 0 unspecified atom stereocenters. The van der Waals surface area contributed by atoms with Gasteiger partial charge in [0.1, 0.15) is 0 Å². The van der Waals surface area contributed by atoms with E-state index in [0.717, 1.165) is 38.8 Å². The molecule has 1 heterocycles. The topological polar surface area (TPSA) is 87.7 Å².